The smallest absolute Gasteiger partial charge is 0.226 e. The van der Waals surface area contributed by atoms with Crippen molar-refractivity contribution in [3.8, 4) is 11.5 Å². The molecule has 0 saturated carbocycles. The summed E-state index contributed by atoms with van der Waals surface area (Å²) in [5.74, 6) is 1.55. The van der Waals surface area contributed by atoms with Gasteiger partial charge in [0.15, 0.2) is 5.78 Å². The SMILES string of the molecule is COc1ccc([C@H]2C3=C(C[C@@H](c4ccccc4O)CC3=O)Nc3ncnn32)cc1. The number of rotatable bonds is 3. The van der Waals surface area contributed by atoms with E-state index in [0.717, 1.165) is 22.6 Å². The first kappa shape index (κ1) is 17.5. The van der Waals surface area contributed by atoms with Gasteiger partial charge in [-0.1, -0.05) is 30.3 Å². The van der Waals surface area contributed by atoms with Gasteiger partial charge >= 0.3 is 0 Å². The minimum absolute atomic E-state index is 0.0500. The number of Topliss-reactive ketones (excluding diaryl/α,β-unsaturated/α-hetero) is 1. The number of phenols is 1. The molecule has 0 bridgehead atoms. The molecule has 3 aromatic rings. The molecule has 2 atom stereocenters. The molecule has 7 heteroatoms. The molecule has 5 rings (SSSR count). The van der Waals surface area contributed by atoms with Gasteiger partial charge in [0.05, 0.1) is 7.11 Å². The van der Waals surface area contributed by atoms with E-state index in [2.05, 4.69) is 15.4 Å². The molecule has 2 aliphatic rings. The Morgan fingerprint density at radius 2 is 1.93 bits per heavy atom. The van der Waals surface area contributed by atoms with Crippen molar-refractivity contribution >= 4 is 11.7 Å². The Kier molecular flexibility index (Phi) is 4.08. The van der Waals surface area contributed by atoms with E-state index in [1.165, 1.54) is 6.33 Å². The fourth-order valence-electron chi connectivity index (χ4n) is 4.30. The maximum atomic E-state index is 13.3. The number of carbonyl (C=O) groups is 1. The third-order valence-corrected chi connectivity index (χ3v) is 5.67. The van der Waals surface area contributed by atoms with Crippen LogP contribution in [0.2, 0.25) is 0 Å². The molecule has 1 aliphatic carbocycles. The summed E-state index contributed by atoms with van der Waals surface area (Å²) in [5.41, 5.74) is 3.29. The first-order valence-electron chi connectivity index (χ1n) is 9.50. The number of anilines is 1. The number of aromatic hydroxyl groups is 1. The number of ketones is 1. The Morgan fingerprint density at radius 3 is 2.69 bits per heavy atom. The van der Waals surface area contributed by atoms with Gasteiger partial charge in [-0.05, 0) is 35.7 Å². The fourth-order valence-corrected chi connectivity index (χ4v) is 4.30. The van der Waals surface area contributed by atoms with Crippen LogP contribution in [0.15, 0.2) is 66.1 Å². The highest BCUT2D eigenvalue weighted by molar-refractivity contribution is 6.00. The second-order valence-electron chi connectivity index (χ2n) is 7.31. The Labute approximate surface area is 167 Å². The minimum Gasteiger partial charge on any atom is -0.508 e. The maximum absolute atomic E-state index is 13.3. The van der Waals surface area contributed by atoms with Crippen LogP contribution >= 0.6 is 0 Å². The summed E-state index contributed by atoms with van der Waals surface area (Å²) in [6, 6.07) is 14.5. The zero-order valence-electron chi connectivity index (χ0n) is 15.9. The van der Waals surface area contributed by atoms with Crippen molar-refractivity contribution in [3.63, 3.8) is 0 Å². The zero-order valence-corrected chi connectivity index (χ0v) is 15.9. The predicted octanol–water partition coefficient (Wildman–Crippen LogP) is 3.41. The van der Waals surface area contributed by atoms with E-state index in [0.29, 0.717) is 24.4 Å². The number of nitrogens with zero attached hydrogens (tertiary/aromatic N) is 3. The minimum atomic E-state index is -0.340. The largest absolute Gasteiger partial charge is 0.508 e. The summed E-state index contributed by atoms with van der Waals surface area (Å²) >= 11 is 0. The topological polar surface area (TPSA) is 89.3 Å². The second-order valence-corrected chi connectivity index (χ2v) is 7.31. The first-order chi connectivity index (χ1) is 14.2. The Morgan fingerprint density at radius 1 is 1.14 bits per heavy atom. The molecular formula is C22H20N4O3. The number of allylic oxidation sites excluding steroid dienone is 2. The molecule has 2 N–H and O–H groups in total. The van der Waals surface area contributed by atoms with Crippen LogP contribution in [0.5, 0.6) is 11.5 Å². The number of carbonyl (C=O) groups excluding carboxylic acids is 1. The van der Waals surface area contributed by atoms with Crippen molar-refractivity contribution in [2.75, 3.05) is 12.4 Å². The van der Waals surface area contributed by atoms with Gasteiger partial charge in [0.25, 0.3) is 0 Å². The quantitative estimate of drug-likeness (QED) is 0.715. The molecule has 2 aromatic carbocycles. The third-order valence-electron chi connectivity index (χ3n) is 5.67. The van der Waals surface area contributed by atoms with E-state index >= 15 is 0 Å². The highest BCUT2D eigenvalue weighted by atomic mass is 16.5. The van der Waals surface area contributed by atoms with Crippen LogP contribution < -0.4 is 10.1 Å². The van der Waals surface area contributed by atoms with Crippen LogP contribution in [0, 0.1) is 0 Å². The molecule has 29 heavy (non-hydrogen) atoms. The third kappa shape index (κ3) is 2.86. The number of phenolic OH excluding ortho intramolecular Hbond substituents is 1. The van der Waals surface area contributed by atoms with E-state index < -0.39 is 0 Å². The number of ether oxygens (including phenoxy) is 1. The summed E-state index contributed by atoms with van der Waals surface area (Å²) in [5, 5.41) is 17.9. The lowest BCUT2D eigenvalue weighted by Gasteiger charge is -2.35. The van der Waals surface area contributed by atoms with Crippen LogP contribution in [-0.2, 0) is 4.79 Å². The van der Waals surface area contributed by atoms with Gasteiger partial charge < -0.3 is 15.2 Å². The standard InChI is InChI=1S/C22H20N4O3/c1-29-15-8-6-13(7-9-15)21-20-17(25-22-23-12-24-26(21)22)10-14(11-19(20)28)16-4-2-3-5-18(16)27/h2-9,12,14,21,27H,10-11H2,1H3,(H,23,24,25)/t14-,21+/m1/s1. The van der Waals surface area contributed by atoms with Crippen molar-refractivity contribution in [1.29, 1.82) is 0 Å². The normalized spacial score (nSPS) is 20.7. The maximum Gasteiger partial charge on any atom is 0.226 e. The lowest BCUT2D eigenvalue weighted by Crippen LogP contribution is -2.33. The van der Waals surface area contributed by atoms with E-state index in [1.807, 2.05) is 36.4 Å². The summed E-state index contributed by atoms with van der Waals surface area (Å²) < 4.78 is 7.01. The van der Waals surface area contributed by atoms with Crippen molar-refractivity contribution in [3.05, 3.63) is 77.3 Å². The van der Waals surface area contributed by atoms with E-state index in [4.69, 9.17) is 4.74 Å². The molecule has 0 fully saturated rings. The number of para-hydroxylation sites is 1. The molecule has 0 saturated heterocycles. The van der Waals surface area contributed by atoms with Crippen LogP contribution in [-0.4, -0.2) is 32.8 Å². The van der Waals surface area contributed by atoms with E-state index in [1.54, 1.807) is 23.9 Å². The Bertz CT molecular complexity index is 1120. The van der Waals surface area contributed by atoms with Gasteiger partial charge in [0.2, 0.25) is 5.95 Å². The van der Waals surface area contributed by atoms with Crippen LogP contribution in [0.4, 0.5) is 5.95 Å². The number of benzene rings is 2. The van der Waals surface area contributed by atoms with Crippen LogP contribution in [0.25, 0.3) is 0 Å². The monoisotopic (exact) mass is 388 g/mol. The Balaban J connectivity index is 1.59. The van der Waals surface area contributed by atoms with Gasteiger partial charge in [-0.2, -0.15) is 10.1 Å². The molecule has 2 heterocycles. The average Bonchev–Trinajstić information content (AvgIpc) is 3.20. The number of methoxy groups -OCH3 is 1. The number of aromatic nitrogens is 3. The molecule has 146 valence electrons. The lowest BCUT2D eigenvalue weighted by atomic mass is 9.77. The zero-order chi connectivity index (χ0) is 20.0. The highest BCUT2D eigenvalue weighted by Crippen LogP contribution is 2.45. The van der Waals surface area contributed by atoms with Crippen LogP contribution in [0.3, 0.4) is 0 Å². The van der Waals surface area contributed by atoms with Gasteiger partial charge in [-0.25, -0.2) is 4.68 Å². The van der Waals surface area contributed by atoms with E-state index in [-0.39, 0.29) is 23.5 Å². The van der Waals surface area contributed by atoms with Gasteiger partial charge in [-0.15, -0.1) is 0 Å². The highest BCUT2D eigenvalue weighted by Gasteiger charge is 2.39. The summed E-state index contributed by atoms with van der Waals surface area (Å²) in [6.07, 6.45) is 2.45. The van der Waals surface area contributed by atoms with Crippen molar-refractivity contribution in [2.45, 2.75) is 24.8 Å². The predicted molar refractivity (Wildman–Crippen MR) is 107 cm³/mol. The number of hydrogen-bond donors (Lipinski definition) is 2. The molecule has 0 amide bonds. The molecule has 0 radical (unpaired) electrons. The number of nitrogens with one attached hydrogen (secondary N) is 1. The van der Waals surface area contributed by atoms with Crippen molar-refractivity contribution < 1.29 is 14.6 Å². The lowest BCUT2D eigenvalue weighted by molar-refractivity contribution is -0.116. The van der Waals surface area contributed by atoms with Gasteiger partial charge in [0, 0.05) is 23.6 Å². The van der Waals surface area contributed by atoms with Crippen molar-refractivity contribution in [2.24, 2.45) is 0 Å². The van der Waals surface area contributed by atoms with Crippen LogP contribution in [0.1, 0.15) is 35.9 Å². The molecule has 1 aliphatic heterocycles. The van der Waals surface area contributed by atoms with Crippen molar-refractivity contribution in [1.82, 2.24) is 14.8 Å². The summed E-state index contributed by atoms with van der Waals surface area (Å²) in [7, 11) is 1.62. The molecule has 0 unspecified atom stereocenters. The summed E-state index contributed by atoms with van der Waals surface area (Å²) in [6.45, 7) is 0. The van der Waals surface area contributed by atoms with Gasteiger partial charge in [-0.3, -0.25) is 4.79 Å². The first-order valence-corrected chi connectivity index (χ1v) is 9.50. The molecule has 1 aromatic heterocycles. The van der Waals surface area contributed by atoms with Gasteiger partial charge in [0.1, 0.15) is 23.9 Å². The number of hydrogen-bond acceptors (Lipinski definition) is 6. The Hall–Kier alpha value is -3.61. The second kappa shape index (κ2) is 6.77. The number of fused-ring (bicyclic) bond motifs is 1. The summed E-state index contributed by atoms with van der Waals surface area (Å²) in [4.78, 5) is 17.6. The average molecular weight is 388 g/mol. The van der Waals surface area contributed by atoms with E-state index in [9.17, 15) is 9.90 Å². The molecule has 7 nitrogen and oxygen atoms in total. The fraction of sp³-hybridized carbons (Fsp3) is 0.227. The molecular weight excluding hydrogens is 368 g/mol. The molecule has 0 spiro atoms.